The highest BCUT2D eigenvalue weighted by molar-refractivity contribution is 5.65. The van der Waals surface area contributed by atoms with Gasteiger partial charge in [-0.2, -0.15) is 0 Å². The van der Waals surface area contributed by atoms with Crippen molar-refractivity contribution < 1.29 is 4.92 Å². The maximum absolute atomic E-state index is 11.0. The Morgan fingerprint density at radius 2 is 1.85 bits per heavy atom. The van der Waals surface area contributed by atoms with Crippen LogP contribution in [0.25, 0.3) is 0 Å². The van der Waals surface area contributed by atoms with Crippen molar-refractivity contribution in [1.82, 2.24) is 4.90 Å². The fourth-order valence-corrected chi connectivity index (χ4v) is 2.46. The topological polar surface area (TPSA) is 58.4 Å². The zero-order chi connectivity index (χ0) is 15.3. The third-order valence-corrected chi connectivity index (χ3v) is 3.45. The van der Waals surface area contributed by atoms with Crippen molar-refractivity contribution in [2.75, 3.05) is 18.4 Å². The number of para-hydroxylation sites is 1. The van der Waals surface area contributed by atoms with Gasteiger partial charge in [0.15, 0.2) is 0 Å². The van der Waals surface area contributed by atoms with E-state index in [-0.39, 0.29) is 10.6 Å². The lowest BCUT2D eigenvalue weighted by molar-refractivity contribution is -0.384. The minimum absolute atomic E-state index is 0.144. The van der Waals surface area contributed by atoms with E-state index < -0.39 is 0 Å². The van der Waals surface area contributed by atoms with E-state index in [4.69, 9.17) is 0 Å². The monoisotopic (exact) mass is 279 g/mol. The summed E-state index contributed by atoms with van der Waals surface area (Å²) in [6.45, 7) is 12.1. The number of rotatable bonds is 7. The van der Waals surface area contributed by atoms with Crippen molar-refractivity contribution in [3.05, 3.63) is 33.9 Å². The molecule has 5 nitrogen and oxygen atoms in total. The van der Waals surface area contributed by atoms with E-state index in [1.165, 1.54) is 6.07 Å². The van der Waals surface area contributed by atoms with Crippen molar-refractivity contribution in [2.24, 2.45) is 0 Å². The fourth-order valence-electron chi connectivity index (χ4n) is 2.46. The molecule has 0 aliphatic carbocycles. The first kappa shape index (κ1) is 16.4. The Balaban J connectivity index is 2.73. The van der Waals surface area contributed by atoms with Gasteiger partial charge in [0.25, 0.3) is 5.69 Å². The maximum atomic E-state index is 11.0. The number of nitrogens with zero attached hydrogens (tertiary/aromatic N) is 2. The first-order chi connectivity index (χ1) is 9.34. The molecule has 0 aromatic heterocycles. The van der Waals surface area contributed by atoms with Crippen LogP contribution < -0.4 is 5.32 Å². The highest BCUT2D eigenvalue weighted by atomic mass is 16.6. The molecule has 112 valence electrons. The molecule has 0 bridgehead atoms. The van der Waals surface area contributed by atoms with Crippen LogP contribution in [0.4, 0.5) is 11.4 Å². The van der Waals surface area contributed by atoms with Gasteiger partial charge in [-0.1, -0.05) is 12.1 Å². The van der Waals surface area contributed by atoms with Gasteiger partial charge in [-0.15, -0.1) is 0 Å². The molecule has 0 aliphatic heterocycles. The predicted octanol–water partition coefficient (Wildman–Crippen LogP) is 3.43. The first-order valence-electron chi connectivity index (χ1n) is 7.08. The van der Waals surface area contributed by atoms with Crippen molar-refractivity contribution in [3.8, 4) is 0 Å². The molecule has 1 aromatic rings. The lowest BCUT2D eigenvalue weighted by Crippen LogP contribution is -2.40. The summed E-state index contributed by atoms with van der Waals surface area (Å²) in [7, 11) is 0. The summed E-state index contributed by atoms with van der Waals surface area (Å²) in [4.78, 5) is 13.1. The normalized spacial score (nSPS) is 11.4. The summed E-state index contributed by atoms with van der Waals surface area (Å²) >= 11 is 0. The molecule has 0 unspecified atom stereocenters. The standard InChI is InChI=1S/C15H25N3O2/c1-11(2)17(12(3)4)10-9-16-15-13(5)7-6-8-14(15)18(19)20/h6-8,11-12,16H,9-10H2,1-5H3. The van der Waals surface area contributed by atoms with Crippen LogP contribution in [0.1, 0.15) is 33.3 Å². The van der Waals surface area contributed by atoms with Gasteiger partial charge in [0, 0.05) is 31.2 Å². The molecule has 0 amide bonds. The van der Waals surface area contributed by atoms with E-state index in [1.807, 2.05) is 13.0 Å². The maximum Gasteiger partial charge on any atom is 0.292 e. The van der Waals surface area contributed by atoms with Crippen LogP contribution in [0, 0.1) is 17.0 Å². The third kappa shape index (κ3) is 4.20. The van der Waals surface area contributed by atoms with Gasteiger partial charge in [-0.05, 0) is 40.2 Å². The summed E-state index contributed by atoms with van der Waals surface area (Å²) in [6.07, 6.45) is 0. The number of nitro groups is 1. The molecular weight excluding hydrogens is 254 g/mol. The molecule has 0 fully saturated rings. The first-order valence-corrected chi connectivity index (χ1v) is 7.08. The second-order valence-corrected chi connectivity index (χ2v) is 5.58. The average Bonchev–Trinajstić information content (AvgIpc) is 2.34. The van der Waals surface area contributed by atoms with Gasteiger partial charge < -0.3 is 5.32 Å². The smallest absolute Gasteiger partial charge is 0.292 e. The molecule has 0 heterocycles. The van der Waals surface area contributed by atoms with Gasteiger partial charge in [0.1, 0.15) is 5.69 Å². The number of anilines is 1. The van der Waals surface area contributed by atoms with E-state index in [9.17, 15) is 10.1 Å². The van der Waals surface area contributed by atoms with Crippen LogP contribution in [0.5, 0.6) is 0 Å². The summed E-state index contributed by atoms with van der Waals surface area (Å²) in [5.41, 5.74) is 1.68. The van der Waals surface area contributed by atoms with Crippen LogP contribution in [0.3, 0.4) is 0 Å². The summed E-state index contributed by atoms with van der Waals surface area (Å²) < 4.78 is 0. The lowest BCUT2D eigenvalue weighted by Gasteiger charge is -2.30. The molecule has 0 saturated carbocycles. The Labute approximate surface area is 121 Å². The molecule has 1 aromatic carbocycles. The van der Waals surface area contributed by atoms with Gasteiger partial charge >= 0.3 is 0 Å². The molecule has 20 heavy (non-hydrogen) atoms. The van der Waals surface area contributed by atoms with Gasteiger partial charge in [-0.25, -0.2) is 0 Å². The number of nitrogens with one attached hydrogen (secondary N) is 1. The van der Waals surface area contributed by atoms with Crippen molar-refractivity contribution in [3.63, 3.8) is 0 Å². The van der Waals surface area contributed by atoms with E-state index in [0.717, 1.165) is 12.1 Å². The van der Waals surface area contributed by atoms with Crippen LogP contribution in [0.15, 0.2) is 18.2 Å². The number of hydrogen-bond acceptors (Lipinski definition) is 4. The number of hydrogen-bond donors (Lipinski definition) is 1. The van der Waals surface area contributed by atoms with Gasteiger partial charge in [0.2, 0.25) is 0 Å². The van der Waals surface area contributed by atoms with Crippen LogP contribution in [0.2, 0.25) is 0 Å². The molecule has 0 radical (unpaired) electrons. The van der Waals surface area contributed by atoms with Crippen molar-refractivity contribution in [2.45, 2.75) is 46.7 Å². The summed E-state index contributed by atoms with van der Waals surface area (Å²) in [5, 5.41) is 14.3. The molecule has 0 aliphatic rings. The number of aryl methyl sites for hydroxylation is 1. The Morgan fingerprint density at radius 1 is 1.25 bits per heavy atom. The molecule has 0 atom stereocenters. The zero-order valence-corrected chi connectivity index (χ0v) is 13.0. The average molecular weight is 279 g/mol. The van der Waals surface area contributed by atoms with E-state index in [0.29, 0.717) is 24.3 Å². The molecule has 1 rings (SSSR count). The lowest BCUT2D eigenvalue weighted by atomic mass is 10.1. The Bertz CT molecular complexity index is 450. The quantitative estimate of drug-likeness (QED) is 0.613. The Hall–Kier alpha value is -1.62. The van der Waals surface area contributed by atoms with E-state index in [1.54, 1.807) is 6.07 Å². The largest absolute Gasteiger partial charge is 0.378 e. The van der Waals surface area contributed by atoms with Crippen LogP contribution in [-0.4, -0.2) is 35.0 Å². The highest BCUT2D eigenvalue weighted by Crippen LogP contribution is 2.27. The number of benzene rings is 1. The Morgan fingerprint density at radius 3 is 2.35 bits per heavy atom. The number of nitro benzene ring substituents is 1. The summed E-state index contributed by atoms with van der Waals surface area (Å²) in [6, 6.07) is 6.07. The fraction of sp³-hybridized carbons (Fsp3) is 0.600. The second-order valence-electron chi connectivity index (χ2n) is 5.58. The molecule has 1 N–H and O–H groups in total. The molecule has 5 heteroatoms. The Kier molecular flexibility index (Phi) is 5.95. The molecule has 0 spiro atoms. The van der Waals surface area contributed by atoms with Crippen LogP contribution in [-0.2, 0) is 0 Å². The van der Waals surface area contributed by atoms with Gasteiger partial charge in [-0.3, -0.25) is 15.0 Å². The van der Waals surface area contributed by atoms with Crippen molar-refractivity contribution in [1.29, 1.82) is 0 Å². The van der Waals surface area contributed by atoms with Gasteiger partial charge in [0.05, 0.1) is 4.92 Å². The van der Waals surface area contributed by atoms with Crippen LogP contribution >= 0.6 is 0 Å². The minimum Gasteiger partial charge on any atom is -0.378 e. The second kappa shape index (κ2) is 7.24. The summed E-state index contributed by atoms with van der Waals surface area (Å²) in [5.74, 6) is 0. The highest BCUT2D eigenvalue weighted by Gasteiger charge is 2.16. The zero-order valence-electron chi connectivity index (χ0n) is 13.0. The van der Waals surface area contributed by atoms with Crippen molar-refractivity contribution >= 4 is 11.4 Å². The predicted molar refractivity (Wildman–Crippen MR) is 83.3 cm³/mol. The van der Waals surface area contributed by atoms with E-state index >= 15 is 0 Å². The minimum atomic E-state index is -0.335. The molecule has 0 saturated heterocycles. The SMILES string of the molecule is Cc1cccc([N+](=O)[O-])c1NCCN(C(C)C)C(C)C. The molecular formula is C15H25N3O2. The third-order valence-electron chi connectivity index (χ3n) is 3.45. The van der Waals surface area contributed by atoms with E-state index in [2.05, 4.69) is 37.9 Å².